The van der Waals surface area contributed by atoms with Crippen LogP contribution in [0.1, 0.15) is 49.7 Å². The van der Waals surface area contributed by atoms with Gasteiger partial charge in [0.05, 0.1) is 19.8 Å². The standard InChI is InChI=1S/C17H25NO3/c1-3-14(11-19)18-17(20)10-13-6-4-5-12-9-15(21-2)7-8-16(12)13/h7-9,13-14,19H,3-6,10-11H2,1-2H3,(H,18,20). The third-order valence-electron chi connectivity index (χ3n) is 4.30. The maximum absolute atomic E-state index is 12.1. The number of amides is 1. The van der Waals surface area contributed by atoms with E-state index in [1.54, 1.807) is 7.11 Å². The van der Waals surface area contributed by atoms with Gasteiger partial charge in [-0.3, -0.25) is 4.79 Å². The Bertz CT molecular complexity index is 483. The lowest BCUT2D eigenvalue weighted by Gasteiger charge is -2.26. The van der Waals surface area contributed by atoms with Gasteiger partial charge in [0.1, 0.15) is 5.75 Å². The Hall–Kier alpha value is -1.55. The Morgan fingerprint density at radius 3 is 3.00 bits per heavy atom. The van der Waals surface area contributed by atoms with Crippen LogP contribution in [-0.2, 0) is 11.2 Å². The molecule has 0 bridgehead atoms. The molecule has 0 heterocycles. The first-order chi connectivity index (χ1) is 10.2. The average Bonchev–Trinajstić information content (AvgIpc) is 2.52. The number of ether oxygens (including phenoxy) is 1. The van der Waals surface area contributed by atoms with Gasteiger partial charge in [-0.2, -0.15) is 0 Å². The topological polar surface area (TPSA) is 58.6 Å². The van der Waals surface area contributed by atoms with Crippen molar-refractivity contribution >= 4 is 5.91 Å². The van der Waals surface area contributed by atoms with Crippen molar-refractivity contribution in [3.63, 3.8) is 0 Å². The first-order valence-corrected chi connectivity index (χ1v) is 7.75. The molecular formula is C17H25NO3. The second kappa shape index (κ2) is 7.46. The summed E-state index contributed by atoms with van der Waals surface area (Å²) in [6.45, 7) is 1.96. The fourth-order valence-electron chi connectivity index (χ4n) is 3.02. The van der Waals surface area contributed by atoms with Crippen molar-refractivity contribution in [2.24, 2.45) is 0 Å². The Morgan fingerprint density at radius 2 is 2.33 bits per heavy atom. The number of nitrogens with one attached hydrogen (secondary N) is 1. The molecule has 0 saturated carbocycles. The van der Waals surface area contributed by atoms with Crippen LogP contribution in [0.4, 0.5) is 0 Å². The summed E-state index contributed by atoms with van der Waals surface area (Å²) in [6.07, 6.45) is 4.45. The number of carbonyl (C=O) groups is 1. The predicted octanol–water partition coefficient (Wildman–Crippen LogP) is 2.39. The van der Waals surface area contributed by atoms with Gasteiger partial charge in [0.15, 0.2) is 0 Å². The summed E-state index contributed by atoms with van der Waals surface area (Å²) in [6, 6.07) is 6.02. The van der Waals surface area contributed by atoms with Crippen molar-refractivity contribution in [3.8, 4) is 5.75 Å². The fraction of sp³-hybridized carbons (Fsp3) is 0.588. The Labute approximate surface area is 126 Å². The van der Waals surface area contributed by atoms with E-state index in [4.69, 9.17) is 9.84 Å². The normalized spacial score (nSPS) is 18.7. The SMILES string of the molecule is CCC(CO)NC(=O)CC1CCCc2cc(OC)ccc21. The second-order valence-electron chi connectivity index (χ2n) is 5.71. The van der Waals surface area contributed by atoms with E-state index in [-0.39, 0.29) is 24.5 Å². The molecule has 0 saturated heterocycles. The number of hydrogen-bond acceptors (Lipinski definition) is 3. The number of aliphatic hydroxyl groups excluding tert-OH is 1. The lowest BCUT2D eigenvalue weighted by atomic mass is 9.81. The summed E-state index contributed by atoms with van der Waals surface area (Å²) < 4.78 is 5.27. The van der Waals surface area contributed by atoms with Gasteiger partial charge in [0, 0.05) is 6.42 Å². The highest BCUT2D eigenvalue weighted by Gasteiger charge is 2.23. The number of hydrogen-bond donors (Lipinski definition) is 2. The molecule has 116 valence electrons. The predicted molar refractivity (Wildman–Crippen MR) is 82.6 cm³/mol. The van der Waals surface area contributed by atoms with E-state index in [0.29, 0.717) is 6.42 Å². The van der Waals surface area contributed by atoms with E-state index in [2.05, 4.69) is 17.4 Å². The molecule has 0 fully saturated rings. The maximum Gasteiger partial charge on any atom is 0.220 e. The number of fused-ring (bicyclic) bond motifs is 1. The molecule has 1 aliphatic carbocycles. The first kappa shape index (κ1) is 15.8. The zero-order chi connectivity index (χ0) is 15.2. The molecule has 1 amide bonds. The number of aliphatic hydroxyl groups is 1. The summed E-state index contributed by atoms with van der Waals surface area (Å²) >= 11 is 0. The van der Waals surface area contributed by atoms with Gasteiger partial charge in [-0.25, -0.2) is 0 Å². The molecule has 1 aliphatic rings. The van der Waals surface area contributed by atoms with Gasteiger partial charge in [0.25, 0.3) is 0 Å². The second-order valence-corrected chi connectivity index (χ2v) is 5.71. The van der Waals surface area contributed by atoms with Crippen molar-refractivity contribution < 1.29 is 14.6 Å². The summed E-state index contributed by atoms with van der Waals surface area (Å²) in [4.78, 5) is 12.1. The van der Waals surface area contributed by atoms with Gasteiger partial charge in [-0.05, 0) is 54.9 Å². The highest BCUT2D eigenvalue weighted by atomic mass is 16.5. The van der Waals surface area contributed by atoms with Crippen LogP contribution in [0.5, 0.6) is 5.75 Å². The molecular weight excluding hydrogens is 266 g/mol. The van der Waals surface area contributed by atoms with Crippen LogP contribution in [0.2, 0.25) is 0 Å². The number of aryl methyl sites for hydroxylation is 1. The molecule has 1 aromatic rings. The molecule has 0 aromatic heterocycles. The lowest BCUT2D eigenvalue weighted by Crippen LogP contribution is -2.37. The summed E-state index contributed by atoms with van der Waals surface area (Å²) in [5, 5.41) is 12.1. The lowest BCUT2D eigenvalue weighted by molar-refractivity contribution is -0.122. The highest BCUT2D eigenvalue weighted by molar-refractivity contribution is 5.77. The molecule has 2 N–H and O–H groups in total. The fourth-order valence-corrected chi connectivity index (χ4v) is 3.02. The molecule has 0 aliphatic heterocycles. The number of benzene rings is 1. The van der Waals surface area contributed by atoms with Crippen LogP contribution < -0.4 is 10.1 Å². The van der Waals surface area contributed by atoms with Crippen molar-refractivity contribution in [1.29, 1.82) is 0 Å². The van der Waals surface area contributed by atoms with E-state index in [1.165, 1.54) is 11.1 Å². The van der Waals surface area contributed by atoms with E-state index < -0.39 is 0 Å². The maximum atomic E-state index is 12.1. The van der Waals surface area contributed by atoms with Crippen LogP contribution in [0.15, 0.2) is 18.2 Å². The molecule has 2 atom stereocenters. The quantitative estimate of drug-likeness (QED) is 0.846. The van der Waals surface area contributed by atoms with Crippen LogP contribution in [0.3, 0.4) is 0 Å². The average molecular weight is 291 g/mol. The minimum atomic E-state index is -0.128. The van der Waals surface area contributed by atoms with Gasteiger partial charge < -0.3 is 15.2 Å². The molecule has 2 unspecified atom stereocenters. The summed E-state index contributed by atoms with van der Waals surface area (Å²) in [5.74, 6) is 1.19. The third-order valence-corrected chi connectivity index (χ3v) is 4.30. The zero-order valence-electron chi connectivity index (χ0n) is 12.9. The van der Waals surface area contributed by atoms with Gasteiger partial charge in [0.2, 0.25) is 5.91 Å². The van der Waals surface area contributed by atoms with Gasteiger partial charge >= 0.3 is 0 Å². The van der Waals surface area contributed by atoms with E-state index >= 15 is 0 Å². The van der Waals surface area contributed by atoms with E-state index in [1.807, 2.05) is 13.0 Å². The molecule has 4 heteroatoms. The van der Waals surface area contributed by atoms with Gasteiger partial charge in [-0.15, -0.1) is 0 Å². The Balaban J connectivity index is 2.04. The van der Waals surface area contributed by atoms with Crippen molar-refractivity contribution in [2.45, 2.75) is 51.0 Å². The minimum Gasteiger partial charge on any atom is -0.497 e. The van der Waals surface area contributed by atoms with E-state index in [9.17, 15) is 4.79 Å². The number of rotatable bonds is 6. The van der Waals surface area contributed by atoms with Gasteiger partial charge in [-0.1, -0.05) is 13.0 Å². The monoisotopic (exact) mass is 291 g/mol. The molecule has 0 radical (unpaired) electrons. The highest BCUT2D eigenvalue weighted by Crippen LogP contribution is 2.35. The number of methoxy groups -OCH3 is 1. The minimum absolute atomic E-state index is 0.000687. The smallest absolute Gasteiger partial charge is 0.220 e. The molecule has 21 heavy (non-hydrogen) atoms. The van der Waals surface area contributed by atoms with Crippen LogP contribution >= 0.6 is 0 Å². The van der Waals surface area contributed by atoms with Crippen LogP contribution in [-0.4, -0.2) is 30.8 Å². The zero-order valence-corrected chi connectivity index (χ0v) is 12.9. The largest absolute Gasteiger partial charge is 0.497 e. The molecule has 2 rings (SSSR count). The van der Waals surface area contributed by atoms with Crippen molar-refractivity contribution in [2.75, 3.05) is 13.7 Å². The summed E-state index contributed by atoms with van der Waals surface area (Å²) in [7, 11) is 1.68. The third kappa shape index (κ3) is 3.97. The Kier molecular flexibility index (Phi) is 5.62. The van der Waals surface area contributed by atoms with Crippen molar-refractivity contribution in [1.82, 2.24) is 5.32 Å². The van der Waals surface area contributed by atoms with Crippen LogP contribution in [0.25, 0.3) is 0 Å². The molecule has 4 nitrogen and oxygen atoms in total. The first-order valence-electron chi connectivity index (χ1n) is 7.75. The van der Waals surface area contributed by atoms with E-state index in [0.717, 1.165) is 31.4 Å². The molecule has 1 aromatic carbocycles. The molecule has 0 spiro atoms. The van der Waals surface area contributed by atoms with Crippen LogP contribution in [0, 0.1) is 0 Å². The number of carbonyl (C=O) groups excluding carboxylic acids is 1. The Morgan fingerprint density at radius 1 is 1.52 bits per heavy atom. The summed E-state index contributed by atoms with van der Waals surface area (Å²) in [5.41, 5.74) is 2.57. The van der Waals surface area contributed by atoms with Crippen molar-refractivity contribution in [3.05, 3.63) is 29.3 Å².